The maximum absolute atomic E-state index is 10.7. The maximum atomic E-state index is 10.7. The van der Waals surface area contributed by atoms with Gasteiger partial charge in [0.15, 0.2) is 5.78 Å². The Labute approximate surface area is 67.1 Å². The van der Waals surface area contributed by atoms with Crippen LogP contribution in [0.3, 0.4) is 0 Å². The molecule has 0 amide bonds. The van der Waals surface area contributed by atoms with Crippen LogP contribution >= 0.6 is 11.6 Å². The van der Waals surface area contributed by atoms with Gasteiger partial charge in [-0.3, -0.25) is 4.79 Å². The van der Waals surface area contributed by atoms with Crippen molar-refractivity contribution in [3.63, 3.8) is 0 Å². The minimum absolute atomic E-state index is 0.110. The average molecular weight is 161 g/mol. The Balaban J connectivity index is 3.77. The highest BCUT2D eigenvalue weighted by atomic mass is 35.5. The first kappa shape index (κ1) is 9.70. The van der Waals surface area contributed by atoms with E-state index in [-0.39, 0.29) is 5.78 Å². The van der Waals surface area contributed by atoms with E-state index in [4.69, 9.17) is 11.6 Å². The second kappa shape index (κ2) is 5.48. The number of carbonyl (C=O) groups is 1. The number of rotatable bonds is 4. The summed E-state index contributed by atoms with van der Waals surface area (Å²) in [5.41, 5.74) is 0. The van der Waals surface area contributed by atoms with Crippen molar-refractivity contribution in [1.29, 1.82) is 0 Å². The molecule has 10 heavy (non-hydrogen) atoms. The number of ketones is 1. The zero-order valence-corrected chi connectivity index (χ0v) is 7.24. The van der Waals surface area contributed by atoms with E-state index in [1.54, 1.807) is 0 Å². The number of allylic oxidation sites excluding steroid dienone is 2. The number of hydrogen-bond acceptors (Lipinski definition) is 1. The first-order valence-corrected chi connectivity index (χ1v) is 3.97. The van der Waals surface area contributed by atoms with Crippen LogP contribution in [0.25, 0.3) is 0 Å². The number of hydrogen-bond donors (Lipinski definition) is 0. The van der Waals surface area contributed by atoms with Crippen molar-refractivity contribution in [3.05, 3.63) is 11.1 Å². The van der Waals surface area contributed by atoms with E-state index in [2.05, 4.69) is 0 Å². The van der Waals surface area contributed by atoms with Gasteiger partial charge in [-0.15, -0.1) is 0 Å². The van der Waals surface area contributed by atoms with Crippen LogP contribution in [-0.2, 0) is 4.79 Å². The van der Waals surface area contributed by atoms with Gasteiger partial charge in [-0.1, -0.05) is 31.9 Å². The van der Waals surface area contributed by atoms with Crippen LogP contribution in [0.15, 0.2) is 11.1 Å². The molecule has 58 valence electrons. The molecule has 0 saturated heterocycles. The zero-order valence-electron chi connectivity index (χ0n) is 6.48. The summed E-state index contributed by atoms with van der Waals surface area (Å²) in [5.74, 6) is 0.110. The minimum atomic E-state index is 0.110. The van der Waals surface area contributed by atoms with E-state index >= 15 is 0 Å². The molecule has 0 aromatic heterocycles. The fraction of sp³-hybridized carbons (Fsp3) is 0.625. The van der Waals surface area contributed by atoms with Crippen molar-refractivity contribution in [2.24, 2.45) is 0 Å². The van der Waals surface area contributed by atoms with Crippen LogP contribution in [-0.4, -0.2) is 5.78 Å². The lowest BCUT2D eigenvalue weighted by Gasteiger charge is -1.92. The Kier molecular flexibility index (Phi) is 5.32. The molecule has 0 spiro atoms. The van der Waals surface area contributed by atoms with Gasteiger partial charge in [-0.25, -0.2) is 0 Å². The topological polar surface area (TPSA) is 17.1 Å². The largest absolute Gasteiger partial charge is 0.295 e. The Morgan fingerprint density at radius 2 is 2.10 bits per heavy atom. The molecule has 0 N–H and O–H groups in total. The summed E-state index contributed by atoms with van der Waals surface area (Å²) in [6.07, 6.45) is 3.87. The highest BCUT2D eigenvalue weighted by molar-refractivity contribution is 6.31. The summed E-state index contributed by atoms with van der Waals surface area (Å²) in [6.45, 7) is 3.86. The molecule has 0 bridgehead atoms. The molecule has 2 heteroatoms. The van der Waals surface area contributed by atoms with Crippen LogP contribution in [0.2, 0.25) is 0 Å². The standard InChI is InChI=1S/C8H13ClO/c1-3-5-7(9)6-8(10)4-2/h6H,3-5H2,1-2H3/b7-6-. The molecule has 0 aliphatic rings. The third kappa shape index (κ3) is 4.57. The van der Waals surface area contributed by atoms with E-state index in [1.807, 2.05) is 13.8 Å². The van der Waals surface area contributed by atoms with Gasteiger partial charge in [-0.2, -0.15) is 0 Å². The fourth-order valence-corrected chi connectivity index (χ4v) is 0.898. The van der Waals surface area contributed by atoms with Gasteiger partial charge >= 0.3 is 0 Å². The summed E-state index contributed by atoms with van der Waals surface area (Å²) >= 11 is 5.69. The predicted octanol–water partition coefficient (Wildman–Crippen LogP) is 2.89. The first-order valence-electron chi connectivity index (χ1n) is 3.59. The number of halogens is 1. The quantitative estimate of drug-likeness (QED) is 0.578. The molecule has 1 nitrogen and oxygen atoms in total. The lowest BCUT2D eigenvalue weighted by Crippen LogP contribution is -1.88. The van der Waals surface area contributed by atoms with Crippen LogP contribution in [0.1, 0.15) is 33.1 Å². The van der Waals surface area contributed by atoms with E-state index in [9.17, 15) is 4.79 Å². The second-order valence-electron chi connectivity index (χ2n) is 2.16. The first-order chi connectivity index (χ1) is 4.70. The Hall–Kier alpha value is -0.300. The average Bonchev–Trinajstić information content (AvgIpc) is 1.88. The summed E-state index contributed by atoms with van der Waals surface area (Å²) in [5, 5.41) is 0.675. The van der Waals surface area contributed by atoms with Crippen molar-refractivity contribution in [2.45, 2.75) is 33.1 Å². The van der Waals surface area contributed by atoms with Crippen LogP contribution in [0.5, 0.6) is 0 Å². The smallest absolute Gasteiger partial charge is 0.156 e. The summed E-state index contributed by atoms with van der Waals surface area (Å²) < 4.78 is 0. The van der Waals surface area contributed by atoms with Crippen LogP contribution < -0.4 is 0 Å². The van der Waals surface area contributed by atoms with E-state index in [0.29, 0.717) is 11.5 Å². The lowest BCUT2D eigenvalue weighted by atomic mass is 10.2. The van der Waals surface area contributed by atoms with E-state index in [1.165, 1.54) is 6.08 Å². The lowest BCUT2D eigenvalue weighted by molar-refractivity contribution is -0.114. The molecular formula is C8H13ClO. The molecule has 0 fully saturated rings. The minimum Gasteiger partial charge on any atom is -0.295 e. The van der Waals surface area contributed by atoms with Crippen molar-refractivity contribution in [3.8, 4) is 0 Å². The summed E-state index contributed by atoms with van der Waals surface area (Å²) in [4.78, 5) is 10.7. The maximum Gasteiger partial charge on any atom is 0.156 e. The molecule has 0 aliphatic heterocycles. The SMILES string of the molecule is CCC/C(Cl)=C/C(=O)CC. The van der Waals surface area contributed by atoms with Crippen LogP contribution in [0, 0.1) is 0 Å². The Bertz CT molecular complexity index is 138. The van der Waals surface area contributed by atoms with Crippen molar-refractivity contribution < 1.29 is 4.79 Å². The molecule has 0 saturated carbocycles. The van der Waals surface area contributed by atoms with Gasteiger partial charge in [0, 0.05) is 11.5 Å². The van der Waals surface area contributed by atoms with Gasteiger partial charge in [-0.05, 0) is 12.5 Å². The zero-order chi connectivity index (χ0) is 7.98. The molecule has 0 unspecified atom stereocenters. The summed E-state index contributed by atoms with van der Waals surface area (Å²) in [7, 11) is 0. The van der Waals surface area contributed by atoms with Gasteiger partial charge in [0.05, 0.1) is 0 Å². The highest BCUT2D eigenvalue weighted by Gasteiger charge is 1.94. The van der Waals surface area contributed by atoms with Crippen molar-refractivity contribution >= 4 is 17.4 Å². The molecule has 0 atom stereocenters. The molecule has 0 heterocycles. The third-order valence-electron chi connectivity index (χ3n) is 1.15. The monoisotopic (exact) mass is 160 g/mol. The third-order valence-corrected chi connectivity index (χ3v) is 1.45. The van der Waals surface area contributed by atoms with E-state index in [0.717, 1.165) is 12.8 Å². The van der Waals surface area contributed by atoms with Gasteiger partial charge in [0.25, 0.3) is 0 Å². The molecule has 0 rings (SSSR count). The summed E-state index contributed by atoms with van der Waals surface area (Å²) in [6, 6.07) is 0. The highest BCUT2D eigenvalue weighted by Crippen LogP contribution is 2.09. The fourth-order valence-electron chi connectivity index (χ4n) is 0.588. The van der Waals surface area contributed by atoms with Crippen molar-refractivity contribution in [2.75, 3.05) is 0 Å². The Morgan fingerprint density at radius 3 is 2.50 bits per heavy atom. The molecule has 0 aliphatic carbocycles. The second-order valence-corrected chi connectivity index (χ2v) is 2.65. The van der Waals surface area contributed by atoms with Crippen LogP contribution in [0.4, 0.5) is 0 Å². The molecule has 0 aromatic rings. The van der Waals surface area contributed by atoms with Gasteiger partial charge < -0.3 is 0 Å². The Morgan fingerprint density at radius 1 is 1.50 bits per heavy atom. The van der Waals surface area contributed by atoms with Crippen molar-refractivity contribution in [1.82, 2.24) is 0 Å². The molecule has 0 radical (unpaired) electrons. The predicted molar refractivity (Wildman–Crippen MR) is 44.1 cm³/mol. The molecular weight excluding hydrogens is 148 g/mol. The normalized spacial score (nSPS) is 11.7. The van der Waals surface area contributed by atoms with Gasteiger partial charge in [0.2, 0.25) is 0 Å². The molecule has 0 aromatic carbocycles. The number of carbonyl (C=O) groups excluding carboxylic acids is 1. The van der Waals surface area contributed by atoms with E-state index < -0.39 is 0 Å². The van der Waals surface area contributed by atoms with Gasteiger partial charge in [0.1, 0.15) is 0 Å².